The minimum Gasteiger partial charge on any atom is -0.426 e. The Bertz CT molecular complexity index is 1290. The first-order valence-electron chi connectivity index (χ1n) is 11.7. The second-order valence-corrected chi connectivity index (χ2v) is 9.26. The maximum Gasteiger partial charge on any atom is 0.316 e. The van der Waals surface area contributed by atoms with Gasteiger partial charge in [-0.05, 0) is 48.7 Å². The fourth-order valence-corrected chi connectivity index (χ4v) is 5.13. The van der Waals surface area contributed by atoms with Gasteiger partial charge in [0.15, 0.2) is 0 Å². The fraction of sp³-hybridized carbons (Fsp3) is 0.308. The molecule has 1 aliphatic carbocycles. The van der Waals surface area contributed by atoms with Gasteiger partial charge in [0.1, 0.15) is 5.75 Å². The molecule has 0 bridgehead atoms. The Kier molecular flexibility index (Phi) is 5.87. The summed E-state index contributed by atoms with van der Waals surface area (Å²) in [4.78, 5) is 63.9. The topological polar surface area (TPSA) is 127 Å². The van der Waals surface area contributed by atoms with Crippen molar-refractivity contribution < 1.29 is 28.8 Å². The molecule has 2 fully saturated rings. The Balaban J connectivity index is 1.23. The Labute approximate surface area is 206 Å². The van der Waals surface area contributed by atoms with Crippen molar-refractivity contribution in [3.8, 4) is 5.75 Å². The molecule has 5 rings (SSSR count). The highest BCUT2D eigenvalue weighted by Gasteiger charge is 2.50. The van der Waals surface area contributed by atoms with E-state index < -0.39 is 16.8 Å². The third-order valence-corrected chi connectivity index (χ3v) is 7.02. The molecule has 2 aliphatic heterocycles. The van der Waals surface area contributed by atoms with Gasteiger partial charge in [0.2, 0.25) is 17.7 Å². The zero-order valence-corrected chi connectivity index (χ0v) is 19.4. The van der Waals surface area contributed by atoms with E-state index in [1.807, 2.05) is 19.1 Å². The van der Waals surface area contributed by atoms with Crippen LogP contribution in [0.4, 0.5) is 17.1 Å². The molecule has 2 saturated heterocycles. The number of non-ortho nitro benzene ring substituents is 1. The van der Waals surface area contributed by atoms with Gasteiger partial charge in [-0.15, -0.1) is 0 Å². The summed E-state index contributed by atoms with van der Waals surface area (Å²) in [7, 11) is 0. The lowest BCUT2D eigenvalue weighted by Crippen LogP contribution is -2.31. The van der Waals surface area contributed by atoms with Gasteiger partial charge in [0, 0.05) is 30.8 Å². The van der Waals surface area contributed by atoms with Crippen LogP contribution in [0.1, 0.15) is 19.8 Å². The number of hydrogen-bond donors (Lipinski definition) is 0. The average molecular weight is 489 g/mol. The monoisotopic (exact) mass is 489 g/mol. The van der Waals surface area contributed by atoms with E-state index in [-0.39, 0.29) is 59.9 Å². The van der Waals surface area contributed by atoms with Crippen LogP contribution in [0.15, 0.2) is 60.7 Å². The molecule has 10 nitrogen and oxygen atoms in total. The third kappa shape index (κ3) is 4.04. The van der Waals surface area contributed by atoms with E-state index >= 15 is 0 Å². The molecule has 0 saturated carbocycles. The van der Waals surface area contributed by atoms with Crippen molar-refractivity contribution >= 4 is 40.8 Å². The van der Waals surface area contributed by atoms with Crippen LogP contribution in [0.3, 0.4) is 0 Å². The van der Waals surface area contributed by atoms with Gasteiger partial charge in [-0.25, -0.2) is 0 Å². The Hall–Kier alpha value is -4.34. The molecule has 0 spiro atoms. The van der Waals surface area contributed by atoms with Crippen LogP contribution in [0, 0.1) is 33.8 Å². The minimum atomic E-state index is -0.703. The van der Waals surface area contributed by atoms with Crippen molar-refractivity contribution in [3.05, 3.63) is 70.8 Å². The number of nitro benzene ring substituents is 1. The maximum absolute atomic E-state index is 12.9. The second kappa shape index (κ2) is 9.03. The number of amides is 3. The van der Waals surface area contributed by atoms with Crippen molar-refractivity contribution in [1.82, 2.24) is 0 Å². The molecule has 0 N–H and O–H groups in total. The van der Waals surface area contributed by atoms with E-state index in [1.54, 1.807) is 12.1 Å². The van der Waals surface area contributed by atoms with E-state index in [0.29, 0.717) is 17.8 Å². The minimum absolute atomic E-state index is 0.00915. The van der Waals surface area contributed by atoms with E-state index in [9.17, 15) is 29.3 Å². The fourth-order valence-electron chi connectivity index (χ4n) is 5.13. The van der Waals surface area contributed by atoms with Gasteiger partial charge in [0.05, 0.1) is 28.4 Å². The zero-order chi connectivity index (χ0) is 25.6. The summed E-state index contributed by atoms with van der Waals surface area (Å²) in [5.41, 5.74) is 0.800. The van der Waals surface area contributed by atoms with Crippen molar-refractivity contribution in [3.63, 3.8) is 0 Å². The Morgan fingerprint density at radius 3 is 2.31 bits per heavy atom. The predicted molar refractivity (Wildman–Crippen MR) is 128 cm³/mol. The number of imide groups is 1. The smallest absolute Gasteiger partial charge is 0.316 e. The molecule has 2 aromatic rings. The maximum atomic E-state index is 12.9. The molecule has 0 radical (unpaired) electrons. The standard InChI is InChI=1S/C26H23N3O7/c1-15-3-2-4-21-23(15)25(32)28(24(21)31)18-9-11-20(12-10-18)36-26(33)16-13-22(30)27(14-16)17-5-7-19(8-6-17)29(34)35/h2-3,5-12,15-16,21,23H,4,13-14H2,1H3/t15-,16+,21+,23+/m1/s1. The number of nitrogens with zero attached hydrogens (tertiary/aromatic N) is 3. The van der Waals surface area contributed by atoms with Crippen LogP contribution in [0.25, 0.3) is 0 Å². The van der Waals surface area contributed by atoms with Crippen LogP contribution < -0.4 is 14.5 Å². The summed E-state index contributed by atoms with van der Waals surface area (Å²) in [6, 6.07) is 11.7. The van der Waals surface area contributed by atoms with Gasteiger partial charge in [0.25, 0.3) is 5.69 Å². The molecule has 4 atom stereocenters. The number of carbonyl (C=O) groups is 4. The number of ether oxygens (including phenoxy) is 1. The van der Waals surface area contributed by atoms with Crippen molar-refractivity contribution in [2.75, 3.05) is 16.3 Å². The molecule has 0 aromatic heterocycles. The van der Waals surface area contributed by atoms with Crippen molar-refractivity contribution in [1.29, 1.82) is 0 Å². The number of rotatable bonds is 5. The number of nitro groups is 1. The molecular formula is C26H23N3O7. The van der Waals surface area contributed by atoms with Crippen molar-refractivity contribution in [2.45, 2.75) is 19.8 Å². The predicted octanol–water partition coefficient (Wildman–Crippen LogP) is 3.25. The van der Waals surface area contributed by atoms with E-state index in [1.165, 1.54) is 46.2 Å². The second-order valence-electron chi connectivity index (χ2n) is 9.26. The summed E-state index contributed by atoms with van der Waals surface area (Å²) in [6.07, 6.45) is 4.41. The number of anilines is 2. The number of allylic oxidation sites excluding steroid dienone is 2. The Morgan fingerprint density at radius 2 is 1.67 bits per heavy atom. The highest BCUT2D eigenvalue weighted by Crippen LogP contribution is 2.40. The Morgan fingerprint density at radius 1 is 1.00 bits per heavy atom. The lowest BCUT2D eigenvalue weighted by Gasteiger charge is -2.22. The van der Waals surface area contributed by atoms with Gasteiger partial charge in [-0.2, -0.15) is 0 Å². The number of fused-ring (bicyclic) bond motifs is 1. The van der Waals surface area contributed by atoms with E-state index in [4.69, 9.17) is 4.74 Å². The normalized spacial score (nSPS) is 25.3. The average Bonchev–Trinajstić information content (AvgIpc) is 3.38. The zero-order valence-electron chi connectivity index (χ0n) is 19.4. The van der Waals surface area contributed by atoms with Gasteiger partial charge >= 0.3 is 5.97 Å². The third-order valence-electron chi connectivity index (χ3n) is 7.02. The van der Waals surface area contributed by atoms with Crippen LogP contribution in [-0.2, 0) is 19.2 Å². The van der Waals surface area contributed by atoms with Crippen LogP contribution in [0.2, 0.25) is 0 Å². The molecule has 2 heterocycles. The largest absolute Gasteiger partial charge is 0.426 e. The van der Waals surface area contributed by atoms with E-state index in [2.05, 4.69) is 0 Å². The highest BCUT2D eigenvalue weighted by molar-refractivity contribution is 6.22. The van der Waals surface area contributed by atoms with Gasteiger partial charge in [-0.3, -0.25) is 34.2 Å². The highest BCUT2D eigenvalue weighted by atomic mass is 16.6. The number of hydrogen-bond acceptors (Lipinski definition) is 7. The quantitative estimate of drug-likeness (QED) is 0.158. The summed E-state index contributed by atoms with van der Waals surface area (Å²) in [5.74, 6) is -2.50. The first kappa shape index (κ1) is 23.4. The van der Waals surface area contributed by atoms with Crippen LogP contribution in [-0.4, -0.2) is 35.2 Å². The van der Waals surface area contributed by atoms with Crippen molar-refractivity contribution in [2.24, 2.45) is 23.7 Å². The molecule has 3 aliphatic rings. The molecule has 36 heavy (non-hydrogen) atoms. The molecular weight excluding hydrogens is 466 g/mol. The van der Waals surface area contributed by atoms with Gasteiger partial charge in [-0.1, -0.05) is 19.1 Å². The SMILES string of the molecule is C[C@@H]1C=CC[C@@H]2C(=O)N(c3ccc(OC(=O)[C@H]4CC(=O)N(c5ccc([N+](=O)[O-])cc5)C4)cc3)C(=O)[C@@H]12. The van der Waals surface area contributed by atoms with E-state index in [0.717, 1.165) is 0 Å². The summed E-state index contributed by atoms with van der Waals surface area (Å²) in [5, 5.41) is 10.8. The molecule has 2 aromatic carbocycles. The number of carbonyl (C=O) groups excluding carboxylic acids is 4. The number of esters is 1. The summed E-state index contributed by atoms with van der Waals surface area (Å²) >= 11 is 0. The summed E-state index contributed by atoms with van der Waals surface area (Å²) < 4.78 is 5.46. The lowest BCUT2D eigenvalue weighted by atomic mass is 9.78. The number of benzene rings is 2. The lowest BCUT2D eigenvalue weighted by molar-refractivity contribution is -0.384. The first-order chi connectivity index (χ1) is 17.2. The van der Waals surface area contributed by atoms with Crippen LogP contribution in [0.5, 0.6) is 5.75 Å². The summed E-state index contributed by atoms with van der Waals surface area (Å²) in [6.45, 7) is 2.03. The molecule has 10 heteroatoms. The molecule has 184 valence electrons. The van der Waals surface area contributed by atoms with Gasteiger partial charge < -0.3 is 9.64 Å². The molecule has 3 amide bonds. The van der Waals surface area contributed by atoms with Crippen LogP contribution >= 0.6 is 0 Å². The first-order valence-corrected chi connectivity index (χ1v) is 11.7. The molecule has 0 unspecified atom stereocenters.